The van der Waals surface area contributed by atoms with E-state index in [-0.39, 0.29) is 57.4 Å². The van der Waals surface area contributed by atoms with Crippen LogP contribution in [0.4, 0.5) is 11.4 Å². The van der Waals surface area contributed by atoms with Crippen LogP contribution >= 0.6 is 11.6 Å². The van der Waals surface area contributed by atoms with Gasteiger partial charge in [0.25, 0.3) is 11.8 Å². The number of sulfonamides is 1. The minimum atomic E-state index is -3.99. The van der Waals surface area contributed by atoms with E-state index in [1.807, 2.05) is 45.0 Å². The summed E-state index contributed by atoms with van der Waals surface area (Å²) in [6.45, 7) is 7.46. The second-order valence-electron chi connectivity index (χ2n) is 14.6. The highest BCUT2D eigenvalue weighted by atomic mass is 35.5. The first-order valence-electron chi connectivity index (χ1n) is 18.5. The van der Waals surface area contributed by atoms with Gasteiger partial charge in [-0.05, 0) is 125 Å². The minimum Gasteiger partial charge on any atom is -0.469 e. The Balaban J connectivity index is 1.21. The molecule has 2 amide bonds. The van der Waals surface area contributed by atoms with Crippen LogP contribution in [0.25, 0.3) is 0 Å². The zero-order valence-electron chi connectivity index (χ0n) is 32.1. The number of nitrogens with zero attached hydrogens (tertiary/aromatic N) is 2. The molecule has 5 rings (SSSR count). The van der Waals surface area contributed by atoms with E-state index in [9.17, 15) is 27.6 Å². The van der Waals surface area contributed by atoms with Gasteiger partial charge in [0.1, 0.15) is 10.8 Å². The summed E-state index contributed by atoms with van der Waals surface area (Å²) in [6, 6.07) is 22.9. The number of methoxy groups -OCH3 is 1. The van der Waals surface area contributed by atoms with E-state index in [1.165, 1.54) is 47.8 Å². The summed E-state index contributed by atoms with van der Waals surface area (Å²) in [6.07, 6.45) is 3.54. The summed E-state index contributed by atoms with van der Waals surface area (Å²) >= 11 is 6.16. The Hall–Kier alpha value is -5.11. The van der Waals surface area contributed by atoms with Crippen LogP contribution in [-0.4, -0.2) is 66.8 Å². The second-order valence-corrected chi connectivity index (χ2v) is 16.9. The topological polar surface area (TPSA) is 161 Å². The molecule has 1 aliphatic rings. The highest BCUT2D eigenvalue weighted by molar-refractivity contribution is 7.89. The van der Waals surface area contributed by atoms with Gasteiger partial charge < -0.3 is 20.1 Å². The predicted octanol–water partition coefficient (Wildman–Crippen LogP) is 7.72. The Morgan fingerprint density at radius 1 is 0.821 bits per heavy atom. The number of amides is 2. The molecule has 296 valence electrons. The van der Waals surface area contributed by atoms with Crippen LogP contribution < -0.4 is 10.6 Å². The number of halogens is 1. The molecule has 0 aliphatic heterocycles. The number of carbonyl (C=O) groups excluding carboxylic acids is 4. The van der Waals surface area contributed by atoms with Crippen molar-refractivity contribution >= 4 is 56.8 Å². The number of carbonyl (C=O) groups is 4. The molecule has 0 bridgehead atoms. The Morgan fingerprint density at radius 3 is 2.04 bits per heavy atom. The number of rotatable bonds is 13. The number of aromatic nitrogens is 1. The summed E-state index contributed by atoms with van der Waals surface area (Å²) in [5, 5.41) is 5.53. The number of ether oxygens (including phenoxy) is 2. The minimum absolute atomic E-state index is 0.0380. The van der Waals surface area contributed by atoms with E-state index in [2.05, 4.69) is 15.6 Å². The maximum absolute atomic E-state index is 13.8. The Labute approximate surface area is 333 Å². The monoisotopic (exact) mass is 802 g/mol. The normalized spacial score (nSPS) is 15.8. The van der Waals surface area contributed by atoms with Gasteiger partial charge in [-0.1, -0.05) is 48.9 Å². The van der Waals surface area contributed by atoms with Gasteiger partial charge in [-0.25, -0.2) is 18.2 Å². The number of hydrogen-bond acceptors (Lipinski definition) is 9. The Bertz CT molecular complexity index is 2160. The van der Waals surface area contributed by atoms with Crippen LogP contribution in [0.1, 0.15) is 95.7 Å². The zero-order chi connectivity index (χ0) is 40.6. The third-order valence-corrected chi connectivity index (χ3v) is 11.7. The van der Waals surface area contributed by atoms with Crippen molar-refractivity contribution in [3.63, 3.8) is 0 Å². The standard InChI is InChI=1S/C42H47ClN4O8S/c1-6-47(33-22-18-29(19-23-33)40(50)54-5)56(52,53)34-9-7-8-31(26-34)38(48)45-35-24-25-36(43)46-37(35)39(49)44-32-20-14-28(15-21-32)11-10-27-12-16-30(17-13-27)41(51)55-42(2,3)4/h7-9,12-17,20-21,24-26,29,33H,6,10-11,18-19,22-23H2,1-5H3,(H,44,49)(H,45,48). The average Bonchev–Trinajstić information content (AvgIpc) is 3.18. The quantitative estimate of drug-likeness (QED) is 0.102. The summed E-state index contributed by atoms with van der Waals surface area (Å²) in [5.74, 6) is -2.16. The molecule has 3 aromatic carbocycles. The van der Waals surface area contributed by atoms with E-state index in [4.69, 9.17) is 21.1 Å². The molecule has 1 fully saturated rings. The van der Waals surface area contributed by atoms with Gasteiger partial charge in [-0.3, -0.25) is 14.4 Å². The van der Waals surface area contributed by atoms with Crippen molar-refractivity contribution in [1.29, 1.82) is 0 Å². The molecule has 0 atom stereocenters. The second kappa shape index (κ2) is 18.2. The molecule has 1 aromatic heterocycles. The summed E-state index contributed by atoms with van der Waals surface area (Å²) in [4.78, 5) is 55.4. The smallest absolute Gasteiger partial charge is 0.338 e. The first-order valence-corrected chi connectivity index (χ1v) is 20.3. The van der Waals surface area contributed by atoms with Crippen molar-refractivity contribution < 1.29 is 37.1 Å². The van der Waals surface area contributed by atoms with Crippen LogP contribution in [-0.2, 0) is 37.1 Å². The molecule has 0 unspecified atom stereocenters. The van der Waals surface area contributed by atoms with Crippen molar-refractivity contribution in [2.24, 2.45) is 5.92 Å². The molecule has 4 aromatic rings. The number of hydrogen-bond donors (Lipinski definition) is 2. The number of benzene rings is 3. The van der Waals surface area contributed by atoms with Crippen molar-refractivity contribution in [3.05, 3.63) is 118 Å². The molecule has 56 heavy (non-hydrogen) atoms. The van der Waals surface area contributed by atoms with Gasteiger partial charge in [0.2, 0.25) is 10.0 Å². The lowest BCUT2D eigenvalue weighted by atomic mass is 9.86. The van der Waals surface area contributed by atoms with Crippen molar-refractivity contribution in [1.82, 2.24) is 9.29 Å². The van der Waals surface area contributed by atoms with Gasteiger partial charge in [-0.15, -0.1) is 0 Å². The van der Waals surface area contributed by atoms with E-state index in [0.717, 1.165) is 24.0 Å². The van der Waals surface area contributed by atoms with Crippen molar-refractivity contribution in [2.75, 3.05) is 24.3 Å². The maximum atomic E-state index is 13.8. The lowest BCUT2D eigenvalue weighted by Gasteiger charge is -2.34. The van der Waals surface area contributed by atoms with Gasteiger partial charge in [-0.2, -0.15) is 4.31 Å². The van der Waals surface area contributed by atoms with Gasteiger partial charge in [0, 0.05) is 23.8 Å². The van der Waals surface area contributed by atoms with Gasteiger partial charge in [0.15, 0.2) is 5.69 Å². The van der Waals surface area contributed by atoms with Gasteiger partial charge >= 0.3 is 11.9 Å². The fourth-order valence-electron chi connectivity index (χ4n) is 6.61. The lowest BCUT2D eigenvalue weighted by molar-refractivity contribution is -0.146. The average molecular weight is 803 g/mol. The summed E-state index contributed by atoms with van der Waals surface area (Å²) < 4.78 is 39.4. The lowest BCUT2D eigenvalue weighted by Crippen LogP contribution is -2.43. The molecule has 0 radical (unpaired) electrons. The molecular formula is C42H47ClN4O8S. The Kier molecular flexibility index (Phi) is 13.7. The molecular weight excluding hydrogens is 756 g/mol. The fraction of sp³-hybridized carbons (Fsp3) is 0.357. The van der Waals surface area contributed by atoms with Crippen LogP contribution in [0.15, 0.2) is 89.8 Å². The fourth-order valence-corrected chi connectivity index (χ4v) is 8.49. The van der Waals surface area contributed by atoms with Crippen molar-refractivity contribution in [3.8, 4) is 0 Å². The first-order chi connectivity index (χ1) is 26.6. The van der Waals surface area contributed by atoms with Crippen LogP contribution in [0.3, 0.4) is 0 Å². The third-order valence-electron chi connectivity index (χ3n) is 9.48. The molecule has 1 heterocycles. The van der Waals surface area contributed by atoms with E-state index in [0.29, 0.717) is 36.9 Å². The SMILES string of the molecule is CCN(C1CCC(C(=O)OC)CC1)S(=O)(=O)c1cccc(C(=O)Nc2ccc(Cl)nc2C(=O)Nc2ccc(CCc3ccc(C(=O)OC(C)(C)C)cc3)cc2)c1. The molecule has 0 saturated heterocycles. The van der Waals surface area contributed by atoms with E-state index >= 15 is 0 Å². The van der Waals surface area contributed by atoms with Crippen LogP contribution in [0.2, 0.25) is 5.15 Å². The molecule has 2 N–H and O–H groups in total. The molecule has 12 nitrogen and oxygen atoms in total. The summed E-state index contributed by atoms with van der Waals surface area (Å²) in [7, 11) is -2.64. The van der Waals surface area contributed by atoms with E-state index in [1.54, 1.807) is 31.2 Å². The third kappa shape index (κ3) is 10.8. The first kappa shape index (κ1) is 42.0. The predicted molar refractivity (Wildman–Crippen MR) is 214 cm³/mol. The number of esters is 2. The highest BCUT2D eigenvalue weighted by Gasteiger charge is 2.35. The summed E-state index contributed by atoms with van der Waals surface area (Å²) in [5.41, 5.74) is 2.53. The molecule has 0 spiro atoms. The number of nitrogens with one attached hydrogen (secondary N) is 2. The highest BCUT2D eigenvalue weighted by Crippen LogP contribution is 2.32. The Morgan fingerprint density at radius 2 is 1.45 bits per heavy atom. The van der Waals surface area contributed by atoms with Gasteiger partial charge in [0.05, 0.1) is 29.2 Å². The molecule has 1 saturated carbocycles. The number of pyridine rings is 1. The number of anilines is 2. The maximum Gasteiger partial charge on any atom is 0.338 e. The zero-order valence-corrected chi connectivity index (χ0v) is 33.7. The largest absolute Gasteiger partial charge is 0.469 e. The number of aryl methyl sites for hydroxylation is 2. The van der Waals surface area contributed by atoms with Crippen LogP contribution in [0, 0.1) is 5.92 Å². The molecule has 14 heteroatoms. The van der Waals surface area contributed by atoms with Crippen LogP contribution in [0.5, 0.6) is 0 Å². The molecule has 1 aliphatic carbocycles. The van der Waals surface area contributed by atoms with E-state index < -0.39 is 27.4 Å². The van der Waals surface area contributed by atoms with Crippen molar-refractivity contribution in [2.45, 2.75) is 82.8 Å².